The lowest BCUT2D eigenvalue weighted by Crippen LogP contribution is -2.66. The number of nitrogens with zero attached hydrogens (tertiary/aromatic N) is 3. The van der Waals surface area contributed by atoms with E-state index in [4.69, 9.17) is 0 Å². The van der Waals surface area contributed by atoms with Gasteiger partial charge in [0.25, 0.3) is 5.91 Å². The first-order valence-corrected chi connectivity index (χ1v) is 6.13. The highest BCUT2D eigenvalue weighted by molar-refractivity contribution is 6.08. The topological polar surface area (TPSA) is 67.2 Å². The highest BCUT2D eigenvalue weighted by Crippen LogP contribution is 2.42. The van der Waals surface area contributed by atoms with Gasteiger partial charge in [-0.2, -0.15) is 5.10 Å². The van der Waals surface area contributed by atoms with Crippen LogP contribution in [0.15, 0.2) is 12.3 Å². The fourth-order valence-corrected chi connectivity index (χ4v) is 2.55. The first-order chi connectivity index (χ1) is 8.50. The van der Waals surface area contributed by atoms with Crippen LogP contribution in [0.4, 0.5) is 5.82 Å². The lowest BCUT2D eigenvalue weighted by Gasteiger charge is -2.39. The van der Waals surface area contributed by atoms with Gasteiger partial charge in [-0.25, -0.2) is 0 Å². The molecule has 1 saturated heterocycles. The Kier molecular flexibility index (Phi) is 2.23. The minimum absolute atomic E-state index is 0.0525. The molecule has 1 aromatic rings. The van der Waals surface area contributed by atoms with Crippen molar-refractivity contribution < 1.29 is 9.59 Å². The molecule has 6 nitrogen and oxygen atoms in total. The fourth-order valence-electron chi connectivity index (χ4n) is 2.55. The van der Waals surface area contributed by atoms with Gasteiger partial charge in [0.05, 0.1) is 0 Å². The lowest BCUT2D eigenvalue weighted by atomic mass is 9.91. The zero-order valence-electron chi connectivity index (χ0n) is 10.5. The number of hydrogen-bond donors (Lipinski definition) is 1. The minimum atomic E-state index is -0.757. The summed E-state index contributed by atoms with van der Waals surface area (Å²) in [6.45, 7) is 1.87. The van der Waals surface area contributed by atoms with Crippen LogP contribution in [0.5, 0.6) is 0 Å². The maximum atomic E-state index is 12.5. The normalized spacial score (nSPS) is 28.4. The van der Waals surface area contributed by atoms with E-state index in [9.17, 15) is 9.59 Å². The van der Waals surface area contributed by atoms with Gasteiger partial charge in [0, 0.05) is 19.3 Å². The molecule has 0 aromatic carbocycles. The summed E-state index contributed by atoms with van der Waals surface area (Å²) in [6.07, 6.45) is 3.76. The van der Waals surface area contributed by atoms with Crippen molar-refractivity contribution in [1.82, 2.24) is 15.1 Å². The van der Waals surface area contributed by atoms with Crippen LogP contribution in [0.2, 0.25) is 0 Å². The molecule has 1 aliphatic carbocycles. The standard InChI is InChI=1S/C12H16N4O2/c1-12(8-3-4-8)11(18)16(7-10(17)13-12)9-5-6-15(2)14-9/h5-6,8H,3-4,7H2,1-2H3,(H,13,17). The summed E-state index contributed by atoms with van der Waals surface area (Å²) >= 11 is 0. The molecule has 18 heavy (non-hydrogen) atoms. The van der Waals surface area contributed by atoms with Gasteiger partial charge in [-0.1, -0.05) is 0 Å². The van der Waals surface area contributed by atoms with E-state index in [1.54, 1.807) is 24.0 Å². The van der Waals surface area contributed by atoms with Crippen LogP contribution in [0.25, 0.3) is 0 Å². The molecule has 2 amide bonds. The van der Waals surface area contributed by atoms with Gasteiger partial charge in [-0.05, 0) is 25.7 Å². The molecule has 1 N–H and O–H groups in total. The van der Waals surface area contributed by atoms with E-state index in [2.05, 4.69) is 10.4 Å². The van der Waals surface area contributed by atoms with E-state index in [0.29, 0.717) is 5.82 Å². The van der Waals surface area contributed by atoms with E-state index in [-0.39, 0.29) is 24.3 Å². The second-order valence-corrected chi connectivity index (χ2v) is 5.26. The molecule has 1 aromatic heterocycles. The summed E-state index contributed by atoms with van der Waals surface area (Å²) in [4.78, 5) is 25.8. The first kappa shape index (κ1) is 11.3. The van der Waals surface area contributed by atoms with Crippen LogP contribution in [0.1, 0.15) is 19.8 Å². The van der Waals surface area contributed by atoms with E-state index in [1.807, 2.05) is 6.92 Å². The molecule has 1 atom stereocenters. The van der Waals surface area contributed by atoms with Crippen molar-refractivity contribution in [3.05, 3.63) is 12.3 Å². The highest BCUT2D eigenvalue weighted by Gasteiger charge is 2.53. The summed E-state index contributed by atoms with van der Waals surface area (Å²) in [5.41, 5.74) is -0.757. The Balaban J connectivity index is 1.94. The van der Waals surface area contributed by atoms with Gasteiger partial charge in [-0.3, -0.25) is 19.2 Å². The largest absolute Gasteiger partial charge is 0.340 e. The van der Waals surface area contributed by atoms with Gasteiger partial charge < -0.3 is 5.32 Å². The quantitative estimate of drug-likeness (QED) is 0.804. The number of aryl methyl sites for hydroxylation is 1. The maximum absolute atomic E-state index is 12.5. The predicted octanol–water partition coefficient (Wildman–Crippen LogP) is 0.0516. The third-order valence-electron chi connectivity index (χ3n) is 3.76. The fraction of sp³-hybridized carbons (Fsp3) is 0.583. The Labute approximate surface area is 105 Å². The van der Waals surface area contributed by atoms with E-state index in [0.717, 1.165) is 12.8 Å². The van der Waals surface area contributed by atoms with Gasteiger partial charge in [0.1, 0.15) is 12.1 Å². The molecule has 0 bridgehead atoms. The summed E-state index contributed by atoms with van der Waals surface area (Å²) in [6, 6.07) is 1.75. The van der Waals surface area contributed by atoms with Crippen LogP contribution >= 0.6 is 0 Å². The molecular weight excluding hydrogens is 232 g/mol. The molecule has 2 aliphatic rings. The van der Waals surface area contributed by atoms with E-state index < -0.39 is 5.54 Å². The van der Waals surface area contributed by atoms with Crippen LogP contribution in [0.3, 0.4) is 0 Å². The average molecular weight is 248 g/mol. The number of carbonyl (C=O) groups is 2. The van der Waals surface area contributed by atoms with E-state index in [1.165, 1.54) is 4.90 Å². The van der Waals surface area contributed by atoms with Crippen molar-refractivity contribution >= 4 is 17.6 Å². The first-order valence-electron chi connectivity index (χ1n) is 6.13. The number of aromatic nitrogens is 2. The SMILES string of the molecule is Cn1ccc(N2CC(=O)NC(C)(C3CC3)C2=O)n1. The van der Waals surface area contributed by atoms with Crippen molar-refractivity contribution in [2.24, 2.45) is 13.0 Å². The van der Waals surface area contributed by atoms with Crippen LogP contribution in [0, 0.1) is 5.92 Å². The summed E-state index contributed by atoms with van der Waals surface area (Å²) in [7, 11) is 1.79. The van der Waals surface area contributed by atoms with Crippen LogP contribution < -0.4 is 10.2 Å². The smallest absolute Gasteiger partial charge is 0.254 e. The zero-order valence-corrected chi connectivity index (χ0v) is 10.5. The third-order valence-corrected chi connectivity index (χ3v) is 3.76. The molecule has 1 saturated carbocycles. The molecule has 0 radical (unpaired) electrons. The Morgan fingerprint density at radius 2 is 2.17 bits per heavy atom. The molecule has 2 fully saturated rings. The maximum Gasteiger partial charge on any atom is 0.254 e. The Bertz CT molecular complexity index is 520. The number of amides is 2. The van der Waals surface area contributed by atoms with Gasteiger partial charge >= 0.3 is 0 Å². The molecular formula is C12H16N4O2. The number of hydrogen-bond acceptors (Lipinski definition) is 3. The van der Waals surface area contributed by atoms with Crippen molar-refractivity contribution in [3.8, 4) is 0 Å². The lowest BCUT2D eigenvalue weighted by molar-refractivity contribution is -0.136. The third kappa shape index (κ3) is 1.60. The molecule has 1 aliphatic heterocycles. The molecule has 2 heterocycles. The Hall–Kier alpha value is -1.85. The highest BCUT2D eigenvalue weighted by atomic mass is 16.2. The minimum Gasteiger partial charge on any atom is -0.340 e. The number of carbonyl (C=O) groups excluding carboxylic acids is 2. The van der Waals surface area contributed by atoms with Gasteiger partial charge in [0.15, 0.2) is 5.82 Å². The van der Waals surface area contributed by atoms with E-state index >= 15 is 0 Å². The van der Waals surface area contributed by atoms with Crippen molar-refractivity contribution in [1.29, 1.82) is 0 Å². The molecule has 96 valence electrons. The number of rotatable bonds is 2. The second kappa shape index (κ2) is 3.57. The van der Waals surface area contributed by atoms with Crippen molar-refractivity contribution in [2.45, 2.75) is 25.3 Å². The molecule has 1 unspecified atom stereocenters. The predicted molar refractivity (Wildman–Crippen MR) is 64.8 cm³/mol. The number of piperazine rings is 1. The monoisotopic (exact) mass is 248 g/mol. The van der Waals surface area contributed by atoms with Crippen LogP contribution in [-0.2, 0) is 16.6 Å². The summed E-state index contributed by atoms with van der Waals surface area (Å²) in [5, 5.41) is 7.05. The number of anilines is 1. The summed E-state index contributed by atoms with van der Waals surface area (Å²) in [5.74, 6) is 0.641. The Morgan fingerprint density at radius 3 is 2.72 bits per heavy atom. The average Bonchev–Trinajstić information content (AvgIpc) is 3.08. The van der Waals surface area contributed by atoms with Crippen molar-refractivity contribution in [2.75, 3.05) is 11.4 Å². The van der Waals surface area contributed by atoms with Crippen molar-refractivity contribution in [3.63, 3.8) is 0 Å². The molecule has 6 heteroatoms. The van der Waals surface area contributed by atoms with Gasteiger partial charge in [-0.15, -0.1) is 0 Å². The second-order valence-electron chi connectivity index (χ2n) is 5.26. The van der Waals surface area contributed by atoms with Gasteiger partial charge in [0.2, 0.25) is 5.91 Å². The molecule has 3 rings (SSSR count). The van der Waals surface area contributed by atoms with Crippen LogP contribution in [-0.4, -0.2) is 33.7 Å². The summed E-state index contributed by atoms with van der Waals surface area (Å²) < 4.78 is 1.63. The molecule has 0 spiro atoms. The number of nitrogens with one attached hydrogen (secondary N) is 1. The zero-order chi connectivity index (χ0) is 12.9. The Morgan fingerprint density at radius 1 is 1.44 bits per heavy atom.